The van der Waals surface area contributed by atoms with Crippen LogP contribution < -0.4 is 10.5 Å². The number of rotatable bonds is 4. The molecule has 2 aromatic carbocycles. The SMILES string of the molecule is CC[C@]1(c2ccccc2F)[C@@H]2CCN(c3cnc4c(-c5ccc6c(=O)n(C)ccc6c5)[nH]nc4n3)C[C@@H]21. The van der Waals surface area contributed by atoms with E-state index in [4.69, 9.17) is 9.97 Å². The van der Waals surface area contributed by atoms with Gasteiger partial charge < -0.3 is 9.47 Å². The molecule has 0 radical (unpaired) electrons. The van der Waals surface area contributed by atoms with Gasteiger partial charge in [-0.2, -0.15) is 5.10 Å². The van der Waals surface area contributed by atoms with E-state index < -0.39 is 0 Å². The zero-order chi connectivity index (χ0) is 25.3. The van der Waals surface area contributed by atoms with Gasteiger partial charge in [0.25, 0.3) is 5.56 Å². The number of aromatic nitrogens is 5. The van der Waals surface area contributed by atoms with E-state index in [0.29, 0.717) is 28.4 Å². The van der Waals surface area contributed by atoms with Crippen LogP contribution in [0.5, 0.6) is 0 Å². The molecule has 3 aromatic heterocycles. The summed E-state index contributed by atoms with van der Waals surface area (Å²) in [4.78, 5) is 24.3. The number of aromatic amines is 1. The molecule has 7 rings (SSSR count). The van der Waals surface area contributed by atoms with Gasteiger partial charge in [0.05, 0.1) is 11.9 Å². The fourth-order valence-corrected chi connectivity index (χ4v) is 6.78. The number of benzene rings is 2. The fourth-order valence-electron chi connectivity index (χ4n) is 6.78. The van der Waals surface area contributed by atoms with Crippen molar-refractivity contribution in [1.29, 1.82) is 0 Å². The Kier molecular flexibility index (Phi) is 4.77. The Balaban J connectivity index is 1.19. The zero-order valence-electron chi connectivity index (χ0n) is 20.8. The summed E-state index contributed by atoms with van der Waals surface area (Å²) in [6.07, 6.45) is 5.53. The van der Waals surface area contributed by atoms with Gasteiger partial charge in [-0.1, -0.05) is 31.2 Å². The molecule has 0 spiro atoms. The second kappa shape index (κ2) is 7.96. The second-order valence-corrected chi connectivity index (χ2v) is 10.4. The number of nitrogens with one attached hydrogen (secondary N) is 1. The Hall–Kier alpha value is -4.07. The molecule has 5 aromatic rings. The van der Waals surface area contributed by atoms with Crippen LogP contribution >= 0.6 is 0 Å². The molecule has 7 nitrogen and oxygen atoms in total. The number of aryl methyl sites for hydroxylation is 1. The highest BCUT2D eigenvalue weighted by atomic mass is 19.1. The summed E-state index contributed by atoms with van der Waals surface area (Å²) in [5, 5.41) is 9.10. The van der Waals surface area contributed by atoms with Crippen LogP contribution in [0.3, 0.4) is 0 Å². The first-order chi connectivity index (χ1) is 18.0. The van der Waals surface area contributed by atoms with E-state index in [-0.39, 0.29) is 16.8 Å². The minimum Gasteiger partial charge on any atom is -0.355 e. The lowest BCUT2D eigenvalue weighted by molar-refractivity contribution is 0.516. The van der Waals surface area contributed by atoms with Crippen LogP contribution in [0.1, 0.15) is 25.3 Å². The van der Waals surface area contributed by atoms with E-state index in [2.05, 4.69) is 22.0 Å². The van der Waals surface area contributed by atoms with Crippen LogP contribution in [0.4, 0.5) is 10.2 Å². The maximum absolute atomic E-state index is 14.7. The molecule has 1 aliphatic carbocycles. The van der Waals surface area contributed by atoms with Gasteiger partial charge in [0.1, 0.15) is 17.2 Å². The van der Waals surface area contributed by atoms with E-state index >= 15 is 0 Å². The molecule has 8 heteroatoms. The highest BCUT2D eigenvalue weighted by Crippen LogP contribution is 2.65. The maximum Gasteiger partial charge on any atom is 0.258 e. The molecule has 2 fully saturated rings. The van der Waals surface area contributed by atoms with E-state index in [1.54, 1.807) is 29.9 Å². The average Bonchev–Trinajstić information content (AvgIpc) is 3.38. The number of pyridine rings is 1. The number of H-pyrrole nitrogens is 1. The number of anilines is 1. The van der Waals surface area contributed by atoms with Gasteiger partial charge in [-0.25, -0.2) is 14.4 Å². The summed E-state index contributed by atoms with van der Waals surface area (Å²) in [5.41, 5.74) is 3.69. The lowest BCUT2D eigenvalue weighted by Gasteiger charge is -2.26. The monoisotopic (exact) mass is 494 g/mol. The van der Waals surface area contributed by atoms with Crippen LogP contribution in [0.25, 0.3) is 33.2 Å². The van der Waals surface area contributed by atoms with E-state index in [1.165, 1.54) is 0 Å². The Morgan fingerprint density at radius 3 is 2.86 bits per heavy atom. The molecular weight excluding hydrogens is 467 g/mol. The standard InChI is InChI=1S/C29H27FN6O/c1-3-29(21-6-4-5-7-23(21)30)20-11-13-36(16-22(20)29)24-15-31-26-25(33-34-27(26)32-24)18-8-9-19-17(14-18)10-12-35(2)28(19)37/h4-10,12,14-15,20,22H,3,11,13,16H2,1-2H3,(H,32,33,34)/t20-,22+,29-/m1/s1. The van der Waals surface area contributed by atoms with Crippen LogP contribution in [-0.4, -0.2) is 37.8 Å². The van der Waals surface area contributed by atoms with E-state index in [9.17, 15) is 9.18 Å². The molecule has 1 saturated heterocycles. The van der Waals surface area contributed by atoms with Crippen molar-refractivity contribution in [3.8, 4) is 11.3 Å². The molecule has 1 saturated carbocycles. The van der Waals surface area contributed by atoms with Crippen molar-refractivity contribution in [3.63, 3.8) is 0 Å². The van der Waals surface area contributed by atoms with Gasteiger partial charge in [0, 0.05) is 42.7 Å². The largest absolute Gasteiger partial charge is 0.355 e. The third kappa shape index (κ3) is 3.17. The smallest absolute Gasteiger partial charge is 0.258 e. The van der Waals surface area contributed by atoms with Crippen molar-refractivity contribution in [1.82, 2.24) is 24.7 Å². The van der Waals surface area contributed by atoms with Gasteiger partial charge in [-0.05, 0) is 59.9 Å². The van der Waals surface area contributed by atoms with Crippen LogP contribution in [0, 0.1) is 17.7 Å². The Labute approximate surface area is 213 Å². The molecule has 4 heterocycles. The van der Waals surface area contributed by atoms with Gasteiger partial charge in [0.2, 0.25) is 5.65 Å². The average molecular weight is 495 g/mol. The molecule has 0 unspecified atom stereocenters. The number of hydrogen-bond donors (Lipinski definition) is 1. The Morgan fingerprint density at radius 2 is 2.03 bits per heavy atom. The topological polar surface area (TPSA) is 79.7 Å². The molecule has 186 valence electrons. The summed E-state index contributed by atoms with van der Waals surface area (Å²) in [6.45, 7) is 3.88. The molecule has 2 aliphatic rings. The summed E-state index contributed by atoms with van der Waals surface area (Å²) in [7, 11) is 1.75. The summed E-state index contributed by atoms with van der Waals surface area (Å²) < 4.78 is 16.3. The highest BCUT2D eigenvalue weighted by molar-refractivity contribution is 5.92. The minimum atomic E-state index is -0.0929. The van der Waals surface area contributed by atoms with Crippen molar-refractivity contribution < 1.29 is 4.39 Å². The number of piperidine rings is 1. The van der Waals surface area contributed by atoms with Crippen molar-refractivity contribution in [2.75, 3.05) is 18.0 Å². The number of hydrogen-bond acceptors (Lipinski definition) is 5. The number of halogens is 1. The zero-order valence-corrected chi connectivity index (χ0v) is 20.8. The summed E-state index contributed by atoms with van der Waals surface area (Å²) in [6, 6.07) is 14.9. The Morgan fingerprint density at radius 1 is 1.16 bits per heavy atom. The third-order valence-corrected chi connectivity index (χ3v) is 8.73. The third-order valence-electron chi connectivity index (χ3n) is 8.73. The first-order valence-corrected chi connectivity index (χ1v) is 12.8. The minimum absolute atomic E-state index is 0.0236. The van der Waals surface area contributed by atoms with Crippen molar-refractivity contribution in [2.24, 2.45) is 18.9 Å². The van der Waals surface area contributed by atoms with E-state index in [1.807, 2.05) is 42.6 Å². The summed E-state index contributed by atoms with van der Waals surface area (Å²) >= 11 is 0. The predicted molar refractivity (Wildman–Crippen MR) is 142 cm³/mol. The lowest BCUT2D eigenvalue weighted by atomic mass is 9.88. The van der Waals surface area contributed by atoms with Gasteiger partial charge >= 0.3 is 0 Å². The number of fused-ring (bicyclic) bond motifs is 3. The highest BCUT2D eigenvalue weighted by Gasteiger charge is 2.65. The maximum atomic E-state index is 14.7. The quantitative estimate of drug-likeness (QED) is 0.388. The molecular formula is C29H27FN6O. The Bertz CT molecular complexity index is 1740. The van der Waals surface area contributed by atoms with Gasteiger partial charge in [-0.3, -0.25) is 9.89 Å². The molecule has 0 amide bonds. The fraction of sp³-hybridized carbons (Fsp3) is 0.310. The summed E-state index contributed by atoms with van der Waals surface area (Å²) in [5.74, 6) is 1.62. The lowest BCUT2D eigenvalue weighted by Crippen LogP contribution is -2.32. The van der Waals surface area contributed by atoms with Crippen LogP contribution in [0.2, 0.25) is 0 Å². The second-order valence-electron chi connectivity index (χ2n) is 10.4. The molecule has 37 heavy (non-hydrogen) atoms. The molecule has 1 N–H and O–H groups in total. The first-order valence-electron chi connectivity index (χ1n) is 12.8. The first kappa shape index (κ1) is 22.2. The molecule has 1 aliphatic heterocycles. The van der Waals surface area contributed by atoms with Crippen molar-refractivity contribution in [2.45, 2.75) is 25.2 Å². The van der Waals surface area contributed by atoms with Crippen molar-refractivity contribution >= 4 is 27.8 Å². The molecule has 3 atom stereocenters. The van der Waals surface area contributed by atoms with E-state index in [0.717, 1.165) is 54.0 Å². The van der Waals surface area contributed by atoms with Gasteiger partial charge in [-0.15, -0.1) is 0 Å². The predicted octanol–water partition coefficient (Wildman–Crippen LogP) is 4.82. The van der Waals surface area contributed by atoms with Crippen LogP contribution in [-0.2, 0) is 12.5 Å². The number of nitrogens with zero attached hydrogens (tertiary/aromatic N) is 5. The van der Waals surface area contributed by atoms with Crippen molar-refractivity contribution in [3.05, 3.63) is 82.7 Å². The molecule has 0 bridgehead atoms. The van der Waals surface area contributed by atoms with Crippen LogP contribution in [0.15, 0.2) is 65.7 Å². The van der Waals surface area contributed by atoms with Gasteiger partial charge in [0.15, 0.2) is 0 Å². The normalized spacial score (nSPS) is 22.9.